The quantitative estimate of drug-likeness (QED) is 0.122. The van der Waals surface area contributed by atoms with Crippen molar-refractivity contribution in [1.29, 1.82) is 0 Å². The number of hydrogen-bond acceptors (Lipinski definition) is 10. The molecule has 0 aliphatic rings. The zero-order chi connectivity index (χ0) is 83.1. The van der Waals surface area contributed by atoms with E-state index >= 15 is 0 Å². The van der Waals surface area contributed by atoms with Gasteiger partial charge >= 0.3 is 0 Å². The molecule has 0 radical (unpaired) electrons. The molecule has 0 atom stereocenters. The fourth-order valence-electron chi connectivity index (χ4n) is 18.3. The molecule has 0 saturated carbocycles. The van der Waals surface area contributed by atoms with Gasteiger partial charge in [0.05, 0.1) is 55.7 Å². The summed E-state index contributed by atoms with van der Waals surface area (Å²) in [7, 11) is 0. The highest BCUT2D eigenvalue weighted by molar-refractivity contribution is 6.13. The summed E-state index contributed by atoms with van der Waals surface area (Å²) in [6, 6.07) is 129. The molecule has 0 spiro atoms. The molecule has 0 amide bonds. The van der Waals surface area contributed by atoms with Crippen LogP contribution in [0.15, 0.2) is 430 Å². The highest BCUT2D eigenvalue weighted by Crippen LogP contribution is 2.43. The monoisotopic (exact) mass is 1610 g/mol. The Bertz CT molecular complexity index is 8700. The molecule has 26 rings (SSSR count). The number of rotatable bonds is 11. The molecule has 15 heterocycles. The molecule has 0 aliphatic heterocycles. The second-order valence-corrected chi connectivity index (χ2v) is 31.3. The maximum Gasteiger partial charge on any atom is 0.146 e. The largest absolute Gasteiger partial charge is 0.455 e. The van der Waals surface area contributed by atoms with Crippen LogP contribution in [0.1, 0.15) is 0 Å². The van der Waals surface area contributed by atoms with E-state index < -0.39 is 0 Å². The van der Waals surface area contributed by atoms with Crippen molar-refractivity contribution in [1.82, 2.24) is 67.2 Å². The second kappa shape index (κ2) is 30.4. The van der Waals surface area contributed by atoms with Crippen molar-refractivity contribution in [2.45, 2.75) is 0 Å². The first kappa shape index (κ1) is 72.6. The number of furan rings is 1. The summed E-state index contributed by atoms with van der Waals surface area (Å²) in [5.41, 5.74) is 30.3. The van der Waals surface area contributed by atoms with Crippen LogP contribution < -0.4 is 0 Å². The molecule has 15 heteroatoms. The molecule has 15 aromatic heterocycles. The minimum Gasteiger partial charge on any atom is -0.455 e. The van der Waals surface area contributed by atoms with Gasteiger partial charge in [0, 0.05) is 155 Å². The Labute approximate surface area is 720 Å². The fraction of sp³-hybridized carbons (Fsp3) is 0. The zero-order valence-electron chi connectivity index (χ0n) is 67.6. The minimum absolute atomic E-state index is 0.851. The summed E-state index contributed by atoms with van der Waals surface area (Å²) < 4.78 is 17.5. The van der Waals surface area contributed by atoms with E-state index in [4.69, 9.17) is 34.3 Å². The lowest BCUT2D eigenvalue weighted by Gasteiger charge is -2.09. The maximum atomic E-state index is 6.28. The smallest absolute Gasteiger partial charge is 0.146 e. The number of aromatic nitrogens is 14. The van der Waals surface area contributed by atoms with Crippen molar-refractivity contribution in [3.05, 3.63) is 426 Å². The molecule has 0 unspecified atom stereocenters. The van der Waals surface area contributed by atoms with E-state index in [0.29, 0.717) is 0 Å². The van der Waals surface area contributed by atoms with Crippen molar-refractivity contribution in [3.63, 3.8) is 0 Å². The van der Waals surface area contributed by atoms with Crippen molar-refractivity contribution in [2.24, 2.45) is 0 Å². The van der Waals surface area contributed by atoms with Gasteiger partial charge in [-0.25, -0.2) is 29.9 Å². The molecule has 0 bridgehead atoms. The summed E-state index contributed by atoms with van der Waals surface area (Å²) in [5.74, 6) is 2.58. The summed E-state index contributed by atoms with van der Waals surface area (Å²) in [4.78, 5) is 42.4. The number of para-hydroxylation sites is 6. The first-order valence-corrected chi connectivity index (χ1v) is 41.9. The van der Waals surface area contributed by atoms with Gasteiger partial charge in [0.25, 0.3) is 0 Å². The fourth-order valence-corrected chi connectivity index (χ4v) is 18.3. The van der Waals surface area contributed by atoms with E-state index in [1.54, 1.807) is 12.4 Å². The Morgan fingerprint density at radius 3 is 1.04 bits per heavy atom. The van der Waals surface area contributed by atoms with Crippen molar-refractivity contribution >= 4 is 115 Å². The Balaban J connectivity index is 0.000000106. The van der Waals surface area contributed by atoms with Crippen LogP contribution in [0.2, 0.25) is 0 Å². The summed E-state index contributed by atoms with van der Waals surface area (Å²) in [5, 5.41) is 10.4. The van der Waals surface area contributed by atoms with Crippen LogP contribution in [0.25, 0.3) is 228 Å². The minimum atomic E-state index is 0.851. The van der Waals surface area contributed by atoms with E-state index in [9.17, 15) is 0 Å². The second-order valence-electron chi connectivity index (χ2n) is 31.3. The van der Waals surface area contributed by atoms with Gasteiger partial charge in [-0.05, 0) is 210 Å². The van der Waals surface area contributed by atoms with E-state index in [2.05, 4.69) is 335 Å². The molecular weight excluding hydrogens is 1550 g/mol. The Morgan fingerprint density at radius 2 is 0.563 bits per heavy atom. The molecule has 0 fully saturated rings. The summed E-state index contributed by atoms with van der Waals surface area (Å²) in [6.45, 7) is 0. The van der Waals surface area contributed by atoms with E-state index in [1.807, 2.05) is 116 Å². The third-order valence-electron chi connectivity index (χ3n) is 24.1. The molecule has 0 N–H and O–H groups in total. The Morgan fingerprint density at radius 1 is 0.206 bits per heavy atom. The predicted octanol–water partition coefficient (Wildman–Crippen LogP) is 26.9. The molecule has 0 saturated heterocycles. The molecule has 11 aromatic carbocycles. The van der Waals surface area contributed by atoms with Gasteiger partial charge in [0.2, 0.25) is 0 Å². The molecular formula is C111H70N14O. The molecule has 0 aliphatic carbocycles. The maximum absolute atomic E-state index is 6.28. The van der Waals surface area contributed by atoms with Crippen LogP contribution >= 0.6 is 0 Å². The number of nitrogens with zero attached hydrogens (tertiary/aromatic N) is 14. The van der Waals surface area contributed by atoms with Gasteiger partial charge in [-0.15, -0.1) is 0 Å². The van der Waals surface area contributed by atoms with Gasteiger partial charge in [-0.3, -0.25) is 28.2 Å². The molecule has 26 aromatic rings. The topological polar surface area (TPSA) is 152 Å². The zero-order valence-corrected chi connectivity index (χ0v) is 67.6. The van der Waals surface area contributed by atoms with Crippen LogP contribution in [-0.2, 0) is 0 Å². The van der Waals surface area contributed by atoms with Crippen molar-refractivity contribution < 1.29 is 4.42 Å². The third kappa shape index (κ3) is 12.4. The van der Waals surface area contributed by atoms with Crippen LogP contribution in [0.5, 0.6) is 0 Å². The Hall–Kier alpha value is -17.4. The van der Waals surface area contributed by atoms with Gasteiger partial charge in [0.1, 0.15) is 45.6 Å². The van der Waals surface area contributed by atoms with E-state index in [0.717, 1.165) is 179 Å². The molecule has 126 heavy (non-hydrogen) atoms. The van der Waals surface area contributed by atoms with Crippen molar-refractivity contribution in [3.8, 4) is 113 Å². The lowest BCUT2D eigenvalue weighted by Crippen LogP contribution is -1.94. The van der Waals surface area contributed by atoms with Crippen LogP contribution in [0.3, 0.4) is 0 Å². The van der Waals surface area contributed by atoms with Gasteiger partial charge in [-0.1, -0.05) is 188 Å². The van der Waals surface area contributed by atoms with E-state index in [-0.39, 0.29) is 0 Å². The average Bonchev–Trinajstić information content (AvgIpc) is 1.60. The summed E-state index contributed by atoms with van der Waals surface area (Å²) in [6.07, 6.45) is 16.3. The van der Waals surface area contributed by atoms with Gasteiger partial charge in [-0.2, -0.15) is 0 Å². The van der Waals surface area contributed by atoms with Crippen LogP contribution in [0, 0.1) is 0 Å². The predicted molar refractivity (Wildman–Crippen MR) is 510 cm³/mol. The molecule has 15 nitrogen and oxygen atoms in total. The standard InChI is InChI=1S/2C39H25N5.C33H20N4O/c1-2-11-31(12-3-1)43-34-14-5-4-13-32(34)33-25-29(16-17-35(33)43)28-8-6-9-30(24-28)39-42-37(26-19-22-40-23-20-26)36-18-15-27-10-7-21-41-38(27)44(36)39;1-2-8-31(9-3-1)43-34-11-5-4-10-32(34)33-25-30(17-18-35(33)43)26-12-14-29(15-13-26)39-42-37(27-20-23-40-24-21-27)36-19-16-28-7-6-22-41-38(28)44(36)39;1-2-9-29-26(6-1)27-8-3-7-25(31(27)38-29)21-10-12-24(13-11-21)33-36-30(22-16-19-34-20-17-22)28-15-14-23-5-4-18-35-32(23)37(28)33/h2*1-25H;1-20H. The van der Waals surface area contributed by atoms with Crippen molar-refractivity contribution in [2.75, 3.05) is 0 Å². The highest BCUT2D eigenvalue weighted by Gasteiger charge is 2.24. The SMILES string of the molecule is c1ccc(-n2c3ccccc3c3cc(-c4ccc(-c5nc(-c6ccncc6)c6ccc7cccnc7n56)cc4)ccc32)cc1.c1ccc(-n2c3ccccc3c3cc(-c4cccc(-c5nc(-c6ccncc6)c6ccc7cccnc7n56)c4)ccc32)cc1.c1cnc2c(c1)ccc1c(-c3ccncc3)nc(-c3ccc(-c4cccc5c4oc4ccccc45)cc3)n12. The first-order valence-electron chi connectivity index (χ1n) is 41.9. The summed E-state index contributed by atoms with van der Waals surface area (Å²) >= 11 is 0. The number of benzene rings is 11. The lowest BCUT2D eigenvalue weighted by molar-refractivity contribution is 0.670. The van der Waals surface area contributed by atoms with Crippen LogP contribution in [0.4, 0.5) is 0 Å². The number of fused-ring (bicyclic) bond motifs is 18. The lowest BCUT2D eigenvalue weighted by atomic mass is 10.0. The average molecular weight is 1620 g/mol. The first-order chi connectivity index (χ1) is 62.5. The number of hydrogen-bond donors (Lipinski definition) is 0. The Kier molecular flexibility index (Phi) is 17.5. The normalized spacial score (nSPS) is 11.7. The van der Waals surface area contributed by atoms with Gasteiger partial charge in [0.15, 0.2) is 0 Å². The third-order valence-corrected chi connectivity index (χ3v) is 24.1. The number of imidazole rings is 3. The van der Waals surface area contributed by atoms with E-state index in [1.165, 1.54) is 49.2 Å². The van der Waals surface area contributed by atoms with Crippen LogP contribution in [-0.4, -0.2) is 67.2 Å². The number of pyridine rings is 9. The van der Waals surface area contributed by atoms with Gasteiger partial charge < -0.3 is 13.6 Å². The molecule has 590 valence electrons. The highest BCUT2D eigenvalue weighted by atomic mass is 16.3.